The number of nitrogens with zero attached hydrogens (tertiary/aromatic N) is 3. The van der Waals surface area contributed by atoms with Crippen molar-refractivity contribution in [2.75, 3.05) is 0 Å². The van der Waals surface area contributed by atoms with E-state index in [0.29, 0.717) is 18.8 Å². The van der Waals surface area contributed by atoms with Crippen molar-refractivity contribution in [3.8, 4) is 0 Å². The van der Waals surface area contributed by atoms with Crippen molar-refractivity contribution >= 4 is 5.91 Å². The number of amides is 1. The van der Waals surface area contributed by atoms with Crippen molar-refractivity contribution in [3.63, 3.8) is 0 Å². The summed E-state index contributed by atoms with van der Waals surface area (Å²) in [6.45, 7) is 3.51. The van der Waals surface area contributed by atoms with Gasteiger partial charge in [0.1, 0.15) is 5.69 Å². The molecular formula is C16H19N3O. The monoisotopic (exact) mass is 269 g/mol. The SMILES string of the molecule is CCCc1cc(C(=O)N2Cc3ccccc3C2)n(C)n1. The second-order valence-electron chi connectivity index (χ2n) is 5.32. The Morgan fingerprint density at radius 3 is 2.50 bits per heavy atom. The number of aromatic nitrogens is 2. The first-order chi connectivity index (χ1) is 9.69. The first-order valence-corrected chi connectivity index (χ1v) is 7.08. The van der Waals surface area contributed by atoms with E-state index in [4.69, 9.17) is 0 Å². The summed E-state index contributed by atoms with van der Waals surface area (Å²) in [5, 5.41) is 4.41. The first kappa shape index (κ1) is 12.9. The van der Waals surface area contributed by atoms with Crippen LogP contribution < -0.4 is 0 Å². The standard InChI is InChI=1S/C16H19N3O/c1-3-6-14-9-15(18(2)17-14)16(20)19-10-12-7-4-5-8-13(12)11-19/h4-5,7-9H,3,6,10-11H2,1-2H3. The molecule has 0 unspecified atom stereocenters. The molecule has 1 aliphatic heterocycles. The summed E-state index contributed by atoms with van der Waals surface area (Å²) < 4.78 is 1.70. The van der Waals surface area contributed by atoms with E-state index in [1.54, 1.807) is 4.68 Å². The summed E-state index contributed by atoms with van der Waals surface area (Å²) in [4.78, 5) is 14.5. The Kier molecular flexibility index (Phi) is 3.30. The molecule has 2 heterocycles. The van der Waals surface area contributed by atoms with E-state index in [2.05, 4.69) is 24.2 Å². The van der Waals surface area contributed by atoms with Crippen LogP contribution in [0.2, 0.25) is 0 Å². The van der Waals surface area contributed by atoms with E-state index in [-0.39, 0.29) is 5.91 Å². The average Bonchev–Trinajstić information content (AvgIpc) is 3.02. The molecule has 0 N–H and O–H groups in total. The van der Waals surface area contributed by atoms with Crippen molar-refractivity contribution in [1.82, 2.24) is 14.7 Å². The maximum Gasteiger partial charge on any atom is 0.272 e. The van der Waals surface area contributed by atoms with Gasteiger partial charge in [0.05, 0.1) is 5.69 Å². The van der Waals surface area contributed by atoms with Crippen molar-refractivity contribution in [2.45, 2.75) is 32.9 Å². The second kappa shape index (κ2) is 5.12. The van der Waals surface area contributed by atoms with Crippen LogP contribution in [0.4, 0.5) is 0 Å². The number of carbonyl (C=O) groups excluding carboxylic acids is 1. The van der Waals surface area contributed by atoms with Gasteiger partial charge in [-0.1, -0.05) is 37.6 Å². The summed E-state index contributed by atoms with van der Waals surface area (Å²) in [7, 11) is 1.84. The summed E-state index contributed by atoms with van der Waals surface area (Å²) >= 11 is 0. The molecule has 1 aromatic carbocycles. The number of aryl methyl sites for hydroxylation is 2. The fourth-order valence-corrected chi connectivity index (χ4v) is 2.74. The molecule has 1 amide bonds. The van der Waals surface area contributed by atoms with Crippen LogP contribution in [-0.4, -0.2) is 20.6 Å². The van der Waals surface area contributed by atoms with Gasteiger partial charge in [-0.05, 0) is 23.6 Å². The lowest BCUT2D eigenvalue weighted by molar-refractivity contribution is 0.0740. The van der Waals surface area contributed by atoms with Gasteiger partial charge in [0.2, 0.25) is 0 Å². The van der Waals surface area contributed by atoms with Gasteiger partial charge >= 0.3 is 0 Å². The smallest absolute Gasteiger partial charge is 0.272 e. The largest absolute Gasteiger partial charge is 0.329 e. The molecule has 0 atom stereocenters. The van der Waals surface area contributed by atoms with Gasteiger partial charge in [-0.2, -0.15) is 5.10 Å². The molecular weight excluding hydrogens is 250 g/mol. The Labute approximate surface area is 119 Å². The molecule has 3 rings (SSSR count). The minimum atomic E-state index is 0.0681. The summed E-state index contributed by atoms with van der Waals surface area (Å²) in [6, 6.07) is 10.2. The third kappa shape index (κ3) is 2.22. The van der Waals surface area contributed by atoms with Crippen molar-refractivity contribution in [1.29, 1.82) is 0 Å². The number of fused-ring (bicyclic) bond motifs is 1. The van der Waals surface area contributed by atoms with Gasteiger partial charge in [0.15, 0.2) is 0 Å². The maximum atomic E-state index is 12.6. The van der Waals surface area contributed by atoms with Gasteiger partial charge in [0, 0.05) is 20.1 Å². The van der Waals surface area contributed by atoms with Gasteiger partial charge in [0.25, 0.3) is 5.91 Å². The minimum Gasteiger partial charge on any atom is -0.329 e. The Morgan fingerprint density at radius 1 is 1.25 bits per heavy atom. The van der Waals surface area contributed by atoms with Crippen LogP contribution >= 0.6 is 0 Å². The van der Waals surface area contributed by atoms with Crippen molar-refractivity contribution in [3.05, 3.63) is 52.8 Å². The molecule has 20 heavy (non-hydrogen) atoms. The number of hydrogen-bond donors (Lipinski definition) is 0. The van der Waals surface area contributed by atoms with Crippen LogP contribution in [0.15, 0.2) is 30.3 Å². The molecule has 0 radical (unpaired) electrons. The van der Waals surface area contributed by atoms with E-state index in [0.717, 1.165) is 18.5 Å². The van der Waals surface area contributed by atoms with Gasteiger partial charge < -0.3 is 4.90 Å². The zero-order valence-corrected chi connectivity index (χ0v) is 12.0. The Hall–Kier alpha value is -2.10. The van der Waals surface area contributed by atoms with Crippen LogP contribution in [0.1, 0.15) is 40.7 Å². The van der Waals surface area contributed by atoms with E-state index in [1.807, 2.05) is 30.1 Å². The number of rotatable bonds is 3. The van der Waals surface area contributed by atoms with E-state index < -0.39 is 0 Å². The molecule has 0 saturated carbocycles. The molecule has 0 fully saturated rings. The van der Waals surface area contributed by atoms with Gasteiger partial charge in [-0.15, -0.1) is 0 Å². The summed E-state index contributed by atoms with van der Waals surface area (Å²) in [6.07, 6.45) is 1.96. The molecule has 104 valence electrons. The Bertz CT molecular complexity index is 620. The average molecular weight is 269 g/mol. The molecule has 0 spiro atoms. The van der Waals surface area contributed by atoms with Gasteiger partial charge in [-0.25, -0.2) is 0 Å². The zero-order valence-electron chi connectivity index (χ0n) is 12.0. The van der Waals surface area contributed by atoms with Crippen LogP contribution in [0.3, 0.4) is 0 Å². The molecule has 1 aliphatic rings. The predicted molar refractivity (Wildman–Crippen MR) is 77.2 cm³/mol. The highest BCUT2D eigenvalue weighted by Gasteiger charge is 2.26. The highest BCUT2D eigenvalue weighted by Crippen LogP contribution is 2.24. The third-order valence-electron chi connectivity index (χ3n) is 3.78. The summed E-state index contributed by atoms with van der Waals surface area (Å²) in [5.41, 5.74) is 4.17. The quantitative estimate of drug-likeness (QED) is 0.858. The molecule has 2 aromatic rings. The van der Waals surface area contributed by atoms with E-state index >= 15 is 0 Å². The number of benzene rings is 1. The second-order valence-corrected chi connectivity index (χ2v) is 5.32. The Morgan fingerprint density at radius 2 is 1.90 bits per heavy atom. The molecule has 0 saturated heterocycles. The van der Waals surface area contributed by atoms with Gasteiger partial charge in [-0.3, -0.25) is 9.48 Å². The van der Waals surface area contributed by atoms with Crippen molar-refractivity contribution in [2.24, 2.45) is 7.05 Å². The molecule has 0 bridgehead atoms. The highest BCUT2D eigenvalue weighted by molar-refractivity contribution is 5.93. The fourth-order valence-electron chi connectivity index (χ4n) is 2.74. The lowest BCUT2D eigenvalue weighted by Crippen LogP contribution is -2.27. The lowest BCUT2D eigenvalue weighted by Gasteiger charge is -2.15. The topological polar surface area (TPSA) is 38.1 Å². The third-order valence-corrected chi connectivity index (χ3v) is 3.78. The normalized spacial score (nSPS) is 13.6. The van der Waals surface area contributed by atoms with Crippen LogP contribution in [0.5, 0.6) is 0 Å². The van der Waals surface area contributed by atoms with Crippen LogP contribution in [0, 0.1) is 0 Å². The summed E-state index contributed by atoms with van der Waals surface area (Å²) in [5.74, 6) is 0.0681. The zero-order chi connectivity index (χ0) is 14.1. The number of carbonyl (C=O) groups is 1. The van der Waals surface area contributed by atoms with Crippen molar-refractivity contribution < 1.29 is 4.79 Å². The molecule has 4 nitrogen and oxygen atoms in total. The predicted octanol–water partition coefficient (Wildman–Crippen LogP) is 2.53. The maximum absolute atomic E-state index is 12.6. The highest BCUT2D eigenvalue weighted by atomic mass is 16.2. The van der Waals surface area contributed by atoms with Crippen LogP contribution in [-0.2, 0) is 26.6 Å². The van der Waals surface area contributed by atoms with E-state index in [9.17, 15) is 4.79 Å². The van der Waals surface area contributed by atoms with Crippen LogP contribution in [0.25, 0.3) is 0 Å². The molecule has 1 aromatic heterocycles. The first-order valence-electron chi connectivity index (χ1n) is 7.08. The van der Waals surface area contributed by atoms with E-state index in [1.165, 1.54) is 11.1 Å². The number of hydrogen-bond acceptors (Lipinski definition) is 2. The molecule has 0 aliphatic carbocycles. The minimum absolute atomic E-state index is 0.0681. The molecule has 4 heteroatoms. The fraction of sp³-hybridized carbons (Fsp3) is 0.375. The lowest BCUT2D eigenvalue weighted by atomic mass is 10.1. The Balaban J connectivity index is 1.81.